The van der Waals surface area contributed by atoms with Crippen LogP contribution in [0.5, 0.6) is 0 Å². The molecule has 0 saturated carbocycles. The van der Waals surface area contributed by atoms with Gasteiger partial charge in [0.05, 0.1) is 18.1 Å². The summed E-state index contributed by atoms with van der Waals surface area (Å²) >= 11 is 1.55. The average Bonchev–Trinajstić information content (AvgIpc) is 2.67. The highest BCUT2D eigenvalue weighted by molar-refractivity contribution is 7.11. The fourth-order valence-electron chi connectivity index (χ4n) is 1.46. The zero-order chi connectivity index (χ0) is 14.5. The molecule has 0 aliphatic heterocycles. The second-order valence-electron chi connectivity index (χ2n) is 5.64. The first-order valence-electron chi connectivity index (χ1n) is 6.21. The first-order valence-corrected chi connectivity index (χ1v) is 7.02. The first-order chi connectivity index (χ1) is 8.76. The molecule has 106 valence electrons. The van der Waals surface area contributed by atoms with Crippen LogP contribution in [0.25, 0.3) is 0 Å². The van der Waals surface area contributed by atoms with Crippen molar-refractivity contribution in [1.29, 1.82) is 0 Å². The van der Waals surface area contributed by atoms with Gasteiger partial charge in [0.25, 0.3) is 0 Å². The van der Waals surface area contributed by atoms with Gasteiger partial charge in [0, 0.05) is 17.5 Å². The van der Waals surface area contributed by atoms with E-state index >= 15 is 0 Å². The van der Waals surface area contributed by atoms with Gasteiger partial charge in [-0.05, 0) is 12.3 Å². The van der Waals surface area contributed by atoms with Gasteiger partial charge in [0.15, 0.2) is 0 Å². The molecule has 2 N–H and O–H groups in total. The fraction of sp³-hybridized carbons (Fsp3) is 0.615. The summed E-state index contributed by atoms with van der Waals surface area (Å²) in [5, 5.41) is 6.34. The van der Waals surface area contributed by atoms with Gasteiger partial charge >= 0.3 is 0 Å². The first kappa shape index (κ1) is 15.6. The van der Waals surface area contributed by atoms with E-state index in [1.165, 1.54) is 0 Å². The van der Waals surface area contributed by atoms with Crippen molar-refractivity contribution in [2.24, 2.45) is 5.41 Å². The van der Waals surface area contributed by atoms with Gasteiger partial charge in [-0.1, -0.05) is 20.8 Å². The lowest BCUT2D eigenvalue weighted by atomic mass is 9.92. The van der Waals surface area contributed by atoms with Gasteiger partial charge in [0.2, 0.25) is 11.8 Å². The summed E-state index contributed by atoms with van der Waals surface area (Å²) in [6, 6.07) is 0. The summed E-state index contributed by atoms with van der Waals surface area (Å²) in [5.74, 6) is -0.287. The van der Waals surface area contributed by atoms with E-state index < -0.39 is 0 Å². The van der Waals surface area contributed by atoms with Crippen molar-refractivity contribution in [2.45, 2.75) is 40.7 Å². The van der Waals surface area contributed by atoms with E-state index in [0.29, 0.717) is 13.0 Å². The molecule has 6 heteroatoms. The largest absolute Gasteiger partial charge is 0.350 e. The molecule has 0 aliphatic carbocycles. The molecule has 0 aromatic carbocycles. The van der Waals surface area contributed by atoms with Gasteiger partial charge in [-0.3, -0.25) is 9.59 Å². The highest BCUT2D eigenvalue weighted by Gasteiger charge is 2.16. The van der Waals surface area contributed by atoms with E-state index in [4.69, 9.17) is 0 Å². The van der Waals surface area contributed by atoms with E-state index in [-0.39, 0.29) is 23.8 Å². The Morgan fingerprint density at radius 2 is 1.95 bits per heavy atom. The Morgan fingerprint density at radius 1 is 1.26 bits per heavy atom. The molecule has 1 heterocycles. The molecule has 0 radical (unpaired) electrons. The Hall–Kier alpha value is -1.43. The summed E-state index contributed by atoms with van der Waals surface area (Å²) in [5.41, 5.74) is -0.0687. The number of amides is 2. The number of aromatic nitrogens is 1. The van der Waals surface area contributed by atoms with Crippen LogP contribution in [-0.2, 0) is 16.1 Å². The van der Waals surface area contributed by atoms with Crippen LogP contribution in [0, 0.1) is 12.3 Å². The molecule has 1 rings (SSSR count). The van der Waals surface area contributed by atoms with Crippen LogP contribution in [0.2, 0.25) is 0 Å². The van der Waals surface area contributed by atoms with Gasteiger partial charge < -0.3 is 10.6 Å². The Morgan fingerprint density at radius 3 is 2.47 bits per heavy atom. The molecule has 0 fully saturated rings. The lowest BCUT2D eigenvalue weighted by molar-refractivity contribution is -0.127. The summed E-state index contributed by atoms with van der Waals surface area (Å²) in [4.78, 5) is 28.2. The maximum Gasteiger partial charge on any atom is 0.239 e. The number of aryl methyl sites for hydroxylation is 1. The number of hydrogen-bond acceptors (Lipinski definition) is 4. The second-order valence-corrected chi connectivity index (χ2v) is 6.96. The standard InChI is InChI=1S/C13H21N3O2S/c1-9-14-6-10(19-9)7-15-12(18)8-16-11(17)5-13(2,3)4/h6H,5,7-8H2,1-4H3,(H,15,18)(H,16,17). The van der Waals surface area contributed by atoms with Crippen molar-refractivity contribution in [1.82, 2.24) is 15.6 Å². The van der Waals surface area contributed by atoms with E-state index in [1.807, 2.05) is 27.7 Å². The molecule has 0 saturated heterocycles. The average molecular weight is 283 g/mol. The Balaban J connectivity index is 2.23. The predicted octanol–water partition coefficient (Wildman–Crippen LogP) is 1.62. The van der Waals surface area contributed by atoms with Crippen molar-refractivity contribution < 1.29 is 9.59 Å². The van der Waals surface area contributed by atoms with Crippen molar-refractivity contribution >= 4 is 23.2 Å². The molecule has 1 aromatic rings. The molecule has 19 heavy (non-hydrogen) atoms. The lowest BCUT2D eigenvalue weighted by Crippen LogP contribution is -2.37. The normalized spacial score (nSPS) is 11.2. The van der Waals surface area contributed by atoms with Gasteiger partial charge in [-0.2, -0.15) is 0 Å². The third-order valence-corrected chi connectivity index (χ3v) is 3.18. The Labute approximate surface area is 117 Å². The molecule has 1 aromatic heterocycles. The summed E-state index contributed by atoms with van der Waals surface area (Å²) in [6.07, 6.45) is 2.16. The van der Waals surface area contributed by atoms with Crippen LogP contribution in [0.15, 0.2) is 6.20 Å². The SMILES string of the molecule is Cc1ncc(CNC(=O)CNC(=O)CC(C)(C)C)s1. The zero-order valence-corrected chi connectivity index (χ0v) is 12.7. The van der Waals surface area contributed by atoms with E-state index in [1.54, 1.807) is 17.5 Å². The highest BCUT2D eigenvalue weighted by Crippen LogP contribution is 2.17. The number of carbonyl (C=O) groups excluding carboxylic acids is 2. The molecular weight excluding hydrogens is 262 g/mol. The van der Waals surface area contributed by atoms with Gasteiger partial charge in [0.1, 0.15) is 0 Å². The minimum absolute atomic E-state index is 0.0205. The maximum atomic E-state index is 11.6. The van der Waals surface area contributed by atoms with Gasteiger partial charge in [-0.15, -0.1) is 11.3 Å². The van der Waals surface area contributed by atoms with Crippen molar-refractivity contribution in [3.8, 4) is 0 Å². The number of rotatable bonds is 5. The number of hydrogen-bond donors (Lipinski definition) is 2. The lowest BCUT2D eigenvalue weighted by Gasteiger charge is -2.17. The van der Waals surface area contributed by atoms with E-state index in [9.17, 15) is 9.59 Å². The van der Waals surface area contributed by atoms with Crippen LogP contribution in [0.1, 0.15) is 37.1 Å². The fourth-order valence-corrected chi connectivity index (χ4v) is 2.19. The summed E-state index contributed by atoms with van der Waals surface area (Å²) in [7, 11) is 0. The molecule has 2 amide bonds. The molecular formula is C13H21N3O2S. The predicted molar refractivity (Wildman–Crippen MR) is 75.8 cm³/mol. The molecule has 0 bridgehead atoms. The monoisotopic (exact) mass is 283 g/mol. The third kappa shape index (κ3) is 6.91. The number of nitrogens with zero attached hydrogens (tertiary/aromatic N) is 1. The number of nitrogens with one attached hydrogen (secondary N) is 2. The zero-order valence-electron chi connectivity index (χ0n) is 11.9. The molecule has 0 unspecified atom stereocenters. The minimum Gasteiger partial charge on any atom is -0.350 e. The van der Waals surface area contributed by atoms with Crippen LogP contribution in [0.3, 0.4) is 0 Å². The maximum absolute atomic E-state index is 11.6. The van der Waals surface area contributed by atoms with Crippen LogP contribution in [-0.4, -0.2) is 23.3 Å². The molecule has 0 aliphatic rings. The van der Waals surface area contributed by atoms with Crippen LogP contribution in [0.4, 0.5) is 0 Å². The second kappa shape index (κ2) is 6.65. The van der Waals surface area contributed by atoms with Crippen LogP contribution >= 0.6 is 11.3 Å². The van der Waals surface area contributed by atoms with Gasteiger partial charge in [-0.25, -0.2) is 4.98 Å². The smallest absolute Gasteiger partial charge is 0.239 e. The van der Waals surface area contributed by atoms with Crippen molar-refractivity contribution in [2.75, 3.05) is 6.54 Å². The van der Waals surface area contributed by atoms with Crippen molar-refractivity contribution in [3.63, 3.8) is 0 Å². The number of carbonyl (C=O) groups is 2. The quantitative estimate of drug-likeness (QED) is 0.862. The van der Waals surface area contributed by atoms with Crippen LogP contribution < -0.4 is 10.6 Å². The molecule has 0 spiro atoms. The summed E-state index contributed by atoms with van der Waals surface area (Å²) < 4.78 is 0. The topological polar surface area (TPSA) is 71.1 Å². The van der Waals surface area contributed by atoms with E-state index in [0.717, 1.165) is 9.88 Å². The third-order valence-electron chi connectivity index (χ3n) is 2.27. The highest BCUT2D eigenvalue weighted by atomic mass is 32.1. The Bertz CT molecular complexity index is 449. The summed E-state index contributed by atoms with van der Waals surface area (Å²) in [6.45, 7) is 8.35. The molecule has 5 nitrogen and oxygen atoms in total. The minimum atomic E-state index is -0.187. The van der Waals surface area contributed by atoms with E-state index in [2.05, 4.69) is 15.6 Å². The van der Waals surface area contributed by atoms with Crippen molar-refractivity contribution in [3.05, 3.63) is 16.1 Å². The Kier molecular flexibility index (Phi) is 5.47. The number of thiazole rings is 1. The molecule has 0 atom stereocenters.